The summed E-state index contributed by atoms with van der Waals surface area (Å²) in [5, 5.41) is 14.1. The highest BCUT2D eigenvalue weighted by Gasteiger charge is 2.11. The molecular formula is C18H15N3O4S. The second kappa shape index (κ2) is 7.75. The van der Waals surface area contributed by atoms with Crippen LogP contribution < -0.4 is 10.1 Å². The van der Waals surface area contributed by atoms with Gasteiger partial charge in [-0.05, 0) is 37.3 Å². The van der Waals surface area contributed by atoms with E-state index in [1.54, 1.807) is 18.2 Å². The van der Waals surface area contributed by atoms with Gasteiger partial charge in [0.1, 0.15) is 5.75 Å². The monoisotopic (exact) mass is 369 g/mol. The second-order valence-corrected chi connectivity index (χ2v) is 6.25. The van der Waals surface area contributed by atoms with E-state index in [1.165, 1.54) is 29.6 Å². The molecule has 3 rings (SSSR count). The average Bonchev–Trinajstić information content (AvgIpc) is 3.01. The number of ether oxygens (including phenoxy) is 1. The van der Waals surface area contributed by atoms with Crippen LogP contribution in [0, 0.1) is 10.1 Å². The Morgan fingerprint density at radius 2 is 2.15 bits per heavy atom. The number of thiazole rings is 1. The number of amides is 1. The smallest absolute Gasteiger partial charge is 0.276 e. The lowest BCUT2D eigenvalue weighted by atomic mass is 10.1. The number of hydrogen-bond donors (Lipinski definition) is 1. The Morgan fingerprint density at radius 1 is 1.35 bits per heavy atom. The van der Waals surface area contributed by atoms with E-state index in [1.807, 2.05) is 25.1 Å². The molecule has 1 amide bonds. The molecule has 0 fully saturated rings. The second-order valence-electron chi connectivity index (χ2n) is 5.22. The molecule has 0 radical (unpaired) electrons. The Balaban J connectivity index is 1.74. The van der Waals surface area contributed by atoms with E-state index in [0.29, 0.717) is 17.3 Å². The van der Waals surface area contributed by atoms with Crippen molar-refractivity contribution in [3.05, 3.63) is 64.2 Å². The highest BCUT2D eigenvalue weighted by Crippen LogP contribution is 2.29. The van der Waals surface area contributed by atoms with Crippen LogP contribution in [0.4, 0.5) is 10.8 Å². The van der Waals surface area contributed by atoms with E-state index in [2.05, 4.69) is 10.3 Å². The predicted molar refractivity (Wildman–Crippen MR) is 102 cm³/mol. The first-order valence-electron chi connectivity index (χ1n) is 7.82. The molecular weight excluding hydrogens is 354 g/mol. The van der Waals surface area contributed by atoms with E-state index >= 15 is 0 Å². The van der Waals surface area contributed by atoms with Gasteiger partial charge in [0.15, 0.2) is 5.13 Å². The lowest BCUT2D eigenvalue weighted by Gasteiger charge is -2.00. The van der Waals surface area contributed by atoms with Crippen LogP contribution >= 0.6 is 11.3 Å². The van der Waals surface area contributed by atoms with Crippen LogP contribution in [-0.2, 0) is 4.79 Å². The predicted octanol–water partition coefficient (Wildman–Crippen LogP) is 4.26. The third-order valence-electron chi connectivity index (χ3n) is 3.45. The van der Waals surface area contributed by atoms with E-state index in [0.717, 1.165) is 16.0 Å². The molecule has 0 atom stereocenters. The van der Waals surface area contributed by atoms with Gasteiger partial charge in [-0.25, -0.2) is 4.98 Å². The normalized spacial score (nSPS) is 11.0. The van der Waals surface area contributed by atoms with Crippen LogP contribution in [0.1, 0.15) is 12.5 Å². The molecule has 0 bridgehead atoms. The van der Waals surface area contributed by atoms with E-state index in [9.17, 15) is 14.9 Å². The quantitative estimate of drug-likeness (QED) is 0.398. The summed E-state index contributed by atoms with van der Waals surface area (Å²) in [4.78, 5) is 26.9. The summed E-state index contributed by atoms with van der Waals surface area (Å²) in [5.41, 5.74) is 1.06. The zero-order valence-corrected chi connectivity index (χ0v) is 14.7. The Labute approximate surface area is 153 Å². The third-order valence-corrected chi connectivity index (χ3v) is 4.38. The van der Waals surface area contributed by atoms with Crippen LogP contribution in [0.3, 0.4) is 0 Å². The molecule has 0 aliphatic rings. The number of nitrogens with zero attached hydrogens (tertiary/aromatic N) is 2. The van der Waals surface area contributed by atoms with Gasteiger partial charge in [-0.15, -0.1) is 0 Å². The lowest BCUT2D eigenvalue weighted by Crippen LogP contribution is -2.07. The largest absolute Gasteiger partial charge is 0.494 e. The zero-order valence-electron chi connectivity index (χ0n) is 13.8. The maximum Gasteiger partial charge on any atom is 0.276 e. The van der Waals surface area contributed by atoms with Gasteiger partial charge < -0.3 is 4.74 Å². The first kappa shape index (κ1) is 17.6. The molecule has 2 aromatic carbocycles. The van der Waals surface area contributed by atoms with Crippen molar-refractivity contribution in [3.63, 3.8) is 0 Å². The Morgan fingerprint density at radius 3 is 2.92 bits per heavy atom. The minimum atomic E-state index is -0.485. The van der Waals surface area contributed by atoms with Crippen LogP contribution in [0.2, 0.25) is 0 Å². The number of rotatable bonds is 6. The number of carbonyl (C=O) groups excluding carboxylic acids is 1. The van der Waals surface area contributed by atoms with Crippen LogP contribution in [0.25, 0.3) is 16.3 Å². The van der Waals surface area contributed by atoms with Crippen LogP contribution in [0.15, 0.2) is 48.5 Å². The first-order chi connectivity index (χ1) is 12.6. The van der Waals surface area contributed by atoms with Gasteiger partial charge in [-0.1, -0.05) is 23.5 Å². The molecule has 8 heteroatoms. The van der Waals surface area contributed by atoms with Crippen molar-refractivity contribution >= 4 is 44.4 Å². The number of aromatic nitrogens is 1. The number of para-hydroxylation sites is 1. The maximum absolute atomic E-state index is 12.1. The minimum absolute atomic E-state index is 0.0556. The minimum Gasteiger partial charge on any atom is -0.494 e. The molecule has 1 heterocycles. The van der Waals surface area contributed by atoms with Crippen LogP contribution in [-0.4, -0.2) is 22.4 Å². The first-order valence-corrected chi connectivity index (χ1v) is 8.64. The van der Waals surface area contributed by atoms with Crippen molar-refractivity contribution in [2.45, 2.75) is 6.92 Å². The molecule has 0 saturated carbocycles. The van der Waals surface area contributed by atoms with Gasteiger partial charge in [0.2, 0.25) is 5.91 Å². The van der Waals surface area contributed by atoms with Crippen LogP contribution in [0.5, 0.6) is 5.75 Å². The van der Waals surface area contributed by atoms with E-state index in [4.69, 9.17) is 4.74 Å². The Bertz CT molecular complexity index is 997. The summed E-state index contributed by atoms with van der Waals surface area (Å²) >= 11 is 1.33. The van der Waals surface area contributed by atoms with Crippen molar-refractivity contribution in [2.24, 2.45) is 0 Å². The fourth-order valence-electron chi connectivity index (χ4n) is 2.32. The summed E-state index contributed by atoms with van der Waals surface area (Å²) in [6, 6.07) is 11.7. The fourth-order valence-corrected chi connectivity index (χ4v) is 3.22. The molecule has 3 aromatic rings. The molecule has 1 aromatic heterocycles. The van der Waals surface area contributed by atoms with Crippen molar-refractivity contribution in [3.8, 4) is 5.75 Å². The number of fused-ring (bicyclic) bond motifs is 1. The molecule has 1 N–H and O–H groups in total. The number of hydrogen-bond acceptors (Lipinski definition) is 6. The molecule has 0 aliphatic heterocycles. The number of carbonyl (C=O) groups is 1. The van der Waals surface area contributed by atoms with Gasteiger partial charge in [0.05, 0.1) is 27.3 Å². The highest BCUT2D eigenvalue weighted by atomic mass is 32.1. The zero-order chi connectivity index (χ0) is 18.5. The van der Waals surface area contributed by atoms with Crippen molar-refractivity contribution in [1.29, 1.82) is 0 Å². The highest BCUT2D eigenvalue weighted by molar-refractivity contribution is 7.22. The van der Waals surface area contributed by atoms with Crippen molar-refractivity contribution in [2.75, 3.05) is 11.9 Å². The van der Waals surface area contributed by atoms with Crippen molar-refractivity contribution < 1.29 is 14.5 Å². The SMILES string of the molecule is CCOc1ccc2nc(NC(=O)/C=C/c3ccccc3[N+](=O)[O-])sc2c1. The molecule has 132 valence electrons. The molecule has 0 spiro atoms. The van der Waals surface area contributed by atoms with E-state index < -0.39 is 10.8 Å². The fraction of sp³-hybridized carbons (Fsp3) is 0.111. The third kappa shape index (κ3) is 4.04. The maximum atomic E-state index is 12.1. The van der Waals surface area contributed by atoms with Crippen molar-refractivity contribution in [1.82, 2.24) is 4.98 Å². The Kier molecular flexibility index (Phi) is 5.23. The average molecular weight is 369 g/mol. The topological polar surface area (TPSA) is 94.4 Å². The number of benzene rings is 2. The van der Waals surface area contributed by atoms with Gasteiger partial charge in [-0.3, -0.25) is 20.2 Å². The number of nitro benzene ring substituents is 1. The summed E-state index contributed by atoms with van der Waals surface area (Å²) in [7, 11) is 0. The molecule has 0 aliphatic carbocycles. The summed E-state index contributed by atoms with van der Waals surface area (Å²) in [6.07, 6.45) is 2.66. The van der Waals surface area contributed by atoms with Gasteiger partial charge in [0, 0.05) is 12.1 Å². The Hall–Kier alpha value is -3.26. The van der Waals surface area contributed by atoms with Gasteiger partial charge in [0.25, 0.3) is 5.69 Å². The molecule has 0 unspecified atom stereocenters. The summed E-state index contributed by atoms with van der Waals surface area (Å²) < 4.78 is 6.34. The molecule has 7 nitrogen and oxygen atoms in total. The number of nitrogens with one attached hydrogen (secondary N) is 1. The summed E-state index contributed by atoms with van der Waals surface area (Å²) in [5.74, 6) is 0.338. The van der Waals surface area contributed by atoms with E-state index in [-0.39, 0.29) is 5.69 Å². The number of nitro groups is 1. The standard InChI is InChI=1S/C18H15N3O4S/c1-2-25-13-8-9-14-16(11-13)26-18(19-14)20-17(22)10-7-12-5-3-4-6-15(12)21(23)24/h3-11H,2H2,1H3,(H,19,20,22)/b10-7+. The van der Waals surface area contributed by atoms with Gasteiger partial charge >= 0.3 is 0 Å². The van der Waals surface area contributed by atoms with Gasteiger partial charge in [-0.2, -0.15) is 0 Å². The molecule has 26 heavy (non-hydrogen) atoms. The molecule has 0 saturated heterocycles. The number of anilines is 1. The summed E-state index contributed by atoms with van der Waals surface area (Å²) in [6.45, 7) is 2.48. The lowest BCUT2D eigenvalue weighted by molar-refractivity contribution is -0.385.